The molecule has 0 aliphatic carbocycles. The van der Waals surface area contributed by atoms with E-state index in [-0.39, 0.29) is 18.6 Å². The van der Waals surface area contributed by atoms with E-state index >= 15 is 0 Å². The van der Waals surface area contributed by atoms with Crippen molar-refractivity contribution in [1.29, 1.82) is 0 Å². The van der Waals surface area contributed by atoms with E-state index in [1.165, 1.54) is 38.5 Å². The fourth-order valence-corrected chi connectivity index (χ4v) is 3.60. The van der Waals surface area contributed by atoms with Gasteiger partial charge in [0.05, 0.1) is 7.11 Å². The Kier molecular flexibility index (Phi) is 11.7. The first-order valence-corrected chi connectivity index (χ1v) is 11.9. The van der Waals surface area contributed by atoms with Crippen LogP contribution in [0.4, 0.5) is 0 Å². The van der Waals surface area contributed by atoms with Crippen LogP contribution in [0.25, 0.3) is 0 Å². The minimum Gasteiger partial charge on any atom is -0.497 e. The summed E-state index contributed by atoms with van der Waals surface area (Å²) in [7, 11) is 1.63. The molecule has 0 saturated heterocycles. The molecule has 2 aromatic rings. The minimum absolute atomic E-state index is 0.0508. The summed E-state index contributed by atoms with van der Waals surface area (Å²) in [5, 5.41) is 3.08. The number of carbonyl (C=O) groups excluding carboxylic acids is 1. The van der Waals surface area contributed by atoms with Crippen molar-refractivity contribution < 1.29 is 18.7 Å². The van der Waals surface area contributed by atoms with E-state index in [0.717, 1.165) is 25.4 Å². The highest BCUT2D eigenvalue weighted by molar-refractivity contribution is 5.91. The number of furan rings is 1. The molecule has 32 heavy (non-hydrogen) atoms. The predicted molar refractivity (Wildman–Crippen MR) is 128 cm³/mol. The molecule has 1 aromatic heterocycles. The molecule has 6 nitrogen and oxygen atoms in total. The molecule has 1 heterocycles. The first kappa shape index (κ1) is 25.8. The normalized spacial score (nSPS) is 12.0. The van der Waals surface area contributed by atoms with Crippen molar-refractivity contribution in [3.63, 3.8) is 0 Å². The fourth-order valence-electron chi connectivity index (χ4n) is 3.60. The van der Waals surface area contributed by atoms with Gasteiger partial charge in [0.15, 0.2) is 5.76 Å². The number of amides is 1. The van der Waals surface area contributed by atoms with E-state index in [9.17, 15) is 4.79 Å². The molecule has 178 valence electrons. The zero-order valence-corrected chi connectivity index (χ0v) is 20.2. The second-order valence-corrected chi connectivity index (χ2v) is 8.32. The van der Waals surface area contributed by atoms with Gasteiger partial charge in [-0.25, -0.2) is 0 Å². The van der Waals surface area contributed by atoms with E-state index in [0.29, 0.717) is 17.3 Å². The van der Waals surface area contributed by atoms with Gasteiger partial charge in [0.2, 0.25) is 0 Å². The van der Waals surface area contributed by atoms with Crippen LogP contribution in [0.15, 0.2) is 40.8 Å². The number of methoxy groups -OCH3 is 1. The molecule has 6 heteroatoms. The summed E-state index contributed by atoms with van der Waals surface area (Å²) >= 11 is 0. The van der Waals surface area contributed by atoms with Gasteiger partial charge in [0.25, 0.3) is 5.91 Å². The molecule has 0 fully saturated rings. The smallest absolute Gasteiger partial charge is 0.287 e. The van der Waals surface area contributed by atoms with Crippen molar-refractivity contribution in [2.45, 2.75) is 71.9 Å². The van der Waals surface area contributed by atoms with Gasteiger partial charge in [-0.15, -0.1) is 0 Å². The Labute approximate surface area is 193 Å². The summed E-state index contributed by atoms with van der Waals surface area (Å²) < 4.78 is 16.6. The van der Waals surface area contributed by atoms with Crippen LogP contribution in [-0.4, -0.2) is 43.6 Å². The molecule has 0 bridgehead atoms. The summed E-state index contributed by atoms with van der Waals surface area (Å²) in [6, 6.07) is 10.9. The number of ether oxygens (including phenoxy) is 2. The molecule has 0 saturated carbocycles. The van der Waals surface area contributed by atoms with Crippen LogP contribution in [0.3, 0.4) is 0 Å². The molecular formula is C26H40N2O4. The van der Waals surface area contributed by atoms with Gasteiger partial charge in [0.1, 0.15) is 23.9 Å². The summed E-state index contributed by atoms with van der Waals surface area (Å²) in [6.07, 6.45) is 7.35. The van der Waals surface area contributed by atoms with Crippen molar-refractivity contribution in [2.75, 3.05) is 26.7 Å². The number of nitrogens with zero attached hydrogens (tertiary/aromatic N) is 1. The number of hydrogen-bond acceptors (Lipinski definition) is 5. The van der Waals surface area contributed by atoms with E-state index in [1.807, 2.05) is 24.3 Å². The number of rotatable bonds is 16. The lowest BCUT2D eigenvalue weighted by molar-refractivity contribution is 0.0896. The Balaban J connectivity index is 1.81. The van der Waals surface area contributed by atoms with Crippen molar-refractivity contribution in [3.05, 3.63) is 47.9 Å². The van der Waals surface area contributed by atoms with Gasteiger partial charge in [-0.05, 0) is 69.3 Å². The van der Waals surface area contributed by atoms with Gasteiger partial charge < -0.3 is 24.1 Å². The topological polar surface area (TPSA) is 63.9 Å². The highest BCUT2D eigenvalue weighted by Gasteiger charge is 2.16. The summed E-state index contributed by atoms with van der Waals surface area (Å²) in [4.78, 5) is 15.1. The number of hydrogen-bond donors (Lipinski definition) is 1. The van der Waals surface area contributed by atoms with E-state index in [1.54, 1.807) is 19.2 Å². The second-order valence-electron chi connectivity index (χ2n) is 8.32. The van der Waals surface area contributed by atoms with Crippen molar-refractivity contribution in [3.8, 4) is 11.5 Å². The first-order chi connectivity index (χ1) is 15.5. The molecule has 0 aliphatic rings. The highest BCUT2D eigenvalue weighted by Crippen LogP contribution is 2.19. The van der Waals surface area contributed by atoms with Crippen molar-refractivity contribution >= 4 is 5.91 Å². The Morgan fingerprint density at radius 3 is 2.19 bits per heavy atom. The molecule has 0 aliphatic heterocycles. The molecule has 1 unspecified atom stereocenters. The standard InChI is InChI=1S/C26H40N2O4/c1-5-7-9-17-28(18-10-8-6-2)19-21(3)27-26(29)25-16-15-24(32-25)20-31-23-13-11-22(30-4)12-14-23/h11-16,21H,5-10,17-20H2,1-4H3,(H,27,29). The molecule has 0 radical (unpaired) electrons. The van der Waals surface area contributed by atoms with Gasteiger partial charge in [-0.1, -0.05) is 39.5 Å². The van der Waals surface area contributed by atoms with Crippen LogP contribution in [0.1, 0.15) is 75.6 Å². The maximum Gasteiger partial charge on any atom is 0.287 e. The third kappa shape index (κ3) is 9.35. The average Bonchev–Trinajstić information content (AvgIpc) is 3.27. The zero-order chi connectivity index (χ0) is 23.2. The van der Waals surface area contributed by atoms with Crippen LogP contribution < -0.4 is 14.8 Å². The highest BCUT2D eigenvalue weighted by atomic mass is 16.5. The SMILES string of the molecule is CCCCCN(CCCCC)CC(C)NC(=O)c1ccc(COc2ccc(OC)cc2)o1. The average molecular weight is 445 g/mol. The predicted octanol–water partition coefficient (Wildman–Crippen LogP) is 5.67. The number of carbonyl (C=O) groups is 1. The van der Waals surface area contributed by atoms with Crippen LogP contribution in [0, 0.1) is 0 Å². The van der Waals surface area contributed by atoms with Gasteiger partial charge in [-0.2, -0.15) is 0 Å². The maximum absolute atomic E-state index is 12.6. The lowest BCUT2D eigenvalue weighted by Gasteiger charge is -2.26. The number of benzene rings is 1. The quantitative estimate of drug-likeness (QED) is 0.338. The van der Waals surface area contributed by atoms with Gasteiger partial charge in [-0.3, -0.25) is 4.79 Å². The lowest BCUT2D eigenvalue weighted by Crippen LogP contribution is -2.42. The summed E-state index contributed by atoms with van der Waals surface area (Å²) in [5.74, 6) is 2.23. The minimum atomic E-state index is -0.185. The van der Waals surface area contributed by atoms with Crippen LogP contribution >= 0.6 is 0 Å². The van der Waals surface area contributed by atoms with E-state index in [4.69, 9.17) is 13.9 Å². The number of unbranched alkanes of at least 4 members (excludes halogenated alkanes) is 4. The van der Waals surface area contributed by atoms with Crippen molar-refractivity contribution in [2.24, 2.45) is 0 Å². The Bertz CT molecular complexity index is 762. The van der Waals surface area contributed by atoms with E-state index < -0.39 is 0 Å². The summed E-state index contributed by atoms with van der Waals surface area (Å²) in [6.45, 7) is 9.80. The Hall–Kier alpha value is -2.47. The van der Waals surface area contributed by atoms with E-state index in [2.05, 4.69) is 31.0 Å². The fraction of sp³-hybridized carbons (Fsp3) is 0.577. The Morgan fingerprint density at radius 1 is 0.969 bits per heavy atom. The van der Waals surface area contributed by atoms with Crippen LogP contribution in [-0.2, 0) is 6.61 Å². The first-order valence-electron chi connectivity index (χ1n) is 11.9. The maximum atomic E-state index is 12.6. The summed E-state index contributed by atoms with van der Waals surface area (Å²) in [5.41, 5.74) is 0. The van der Waals surface area contributed by atoms with Gasteiger partial charge >= 0.3 is 0 Å². The number of nitrogens with one attached hydrogen (secondary N) is 1. The molecule has 2 rings (SSSR count). The third-order valence-electron chi connectivity index (χ3n) is 5.39. The third-order valence-corrected chi connectivity index (χ3v) is 5.39. The molecule has 1 amide bonds. The monoisotopic (exact) mass is 444 g/mol. The largest absolute Gasteiger partial charge is 0.497 e. The zero-order valence-electron chi connectivity index (χ0n) is 20.2. The lowest BCUT2D eigenvalue weighted by atomic mass is 10.2. The molecule has 1 atom stereocenters. The molecule has 1 N–H and O–H groups in total. The van der Waals surface area contributed by atoms with Crippen LogP contribution in [0.5, 0.6) is 11.5 Å². The second kappa shape index (κ2) is 14.6. The molecule has 0 spiro atoms. The Morgan fingerprint density at radius 2 is 1.59 bits per heavy atom. The molecular weight excluding hydrogens is 404 g/mol. The van der Waals surface area contributed by atoms with Crippen molar-refractivity contribution in [1.82, 2.24) is 10.2 Å². The van der Waals surface area contributed by atoms with Gasteiger partial charge in [0, 0.05) is 12.6 Å². The molecule has 1 aromatic carbocycles. The van der Waals surface area contributed by atoms with Crippen LogP contribution in [0.2, 0.25) is 0 Å².